The molecule has 0 aliphatic carbocycles. The summed E-state index contributed by atoms with van der Waals surface area (Å²) in [6.07, 6.45) is 3.71. The smallest absolute Gasteiger partial charge is 0.125 e. The Bertz CT molecular complexity index is 372. The van der Waals surface area contributed by atoms with Gasteiger partial charge in [0.1, 0.15) is 5.54 Å². The number of hydrogen-bond acceptors (Lipinski definition) is 2. The molecule has 1 N–H and O–H groups in total. The molecule has 1 aromatic carbocycles. The Kier molecular flexibility index (Phi) is 5.31. The van der Waals surface area contributed by atoms with Gasteiger partial charge in [-0.25, -0.2) is 0 Å². The van der Waals surface area contributed by atoms with Crippen molar-refractivity contribution in [3.8, 4) is 6.07 Å². The van der Waals surface area contributed by atoms with Gasteiger partial charge >= 0.3 is 0 Å². The number of halogens is 1. The maximum Gasteiger partial charge on any atom is 0.125 e. The molecule has 0 amide bonds. The second kappa shape index (κ2) is 6.51. The number of anilines is 1. The highest BCUT2D eigenvalue weighted by atomic mass is 35.5. The third kappa shape index (κ3) is 3.94. The third-order valence-electron chi connectivity index (χ3n) is 2.80. The minimum absolute atomic E-state index is 0.447. The van der Waals surface area contributed by atoms with E-state index in [-0.39, 0.29) is 0 Å². The number of rotatable bonds is 6. The molecule has 0 bridgehead atoms. The number of nitrogens with one attached hydrogen (secondary N) is 1. The lowest BCUT2D eigenvalue weighted by molar-refractivity contribution is 0.487. The van der Waals surface area contributed by atoms with Gasteiger partial charge in [-0.1, -0.05) is 38.3 Å². The number of nitriles is 1. The molecule has 0 aromatic heterocycles. The van der Waals surface area contributed by atoms with E-state index in [1.165, 1.54) is 0 Å². The fourth-order valence-electron chi connectivity index (χ4n) is 2.05. The molecule has 0 aliphatic heterocycles. The fourth-order valence-corrected chi connectivity index (χ4v) is 2.18. The van der Waals surface area contributed by atoms with Crippen LogP contribution in [0.3, 0.4) is 0 Å². The summed E-state index contributed by atoms with van der Waals surface area (Å²) in [4.78, 5) is 0. The van der Waals surface area contributed by atoms with Gasteiger partial charge in [0.05, 0.1) is 6.07 Å². The van der Waals surface area contributed by atoms with Gasteiger partial charge in [-0.15, -0.1) is 0 Å². The summed E-state index contributed by atoms with van der Waals surface area (Å²) in [6, 6.07) is 9.94. The van der Waals surface area contributed by atoms with E-state index in [1.54, 1.807) is 0 Å². The standard InChI is InChI=1S/C14H19ClN2/c1-3-9-14(11-16,10-4-2)17-13-7-5-12(15)6-8-13/h5-8,17H,3-4,9-10H2,1-2H3. The molecule has 0 heterocycles. The lowest BCUT2D eigenvalue weighted by atomic mass is 9.90. The SMILES string of the molecule is CCCC(C#N)(CCC)Nc1ccc(Cl)cc1. The molecule has 0 spiro atoms. The van der Waals surface area contributed by atoms with Crippen molar-refractivity contribution in [1.82, 2.24) is 0 Å². The van der Waals surface area contributed by atoms with Crippen LogP contribution in [-0.4, -0.2) is 5.54 Å². The summed E-state index contributed by atoms with van der Waals surface area (Å²) in [5.74, 6) is 0. The van der Waals surface area contributed by atoms with Gasteiger partial charge < -0.3 is 5.32 Å². The maximum atomic E-state index is 9.42. The van der Waals surface area contributed by atoms with Gasteiger partial charge in [0.2, 0.25) is 0 Å². The van der Waals surface area contributed by atoms with E-state index < -0.39 is 5.54 Å². The first kappa shape index (κ1) is 13.9. The molecule has 0 radical (unpaired) electrons. The van der Waals surface area contributed by atoms with Crippen LogP contribution in [0.1, 0.15) is 39.5 Å². The predicted octanol–water partition coefficient (Wildman–Crippen LogP) is 4.61. The first-order chi connectivity index (χ1) is 8.15. The number of benzene rings is 1. The van der Waals surface area contributed by atoms with Gasteiger partial charge in [0.15, 0.2) is 0 Å². The molecule has 2 nitrogen and oxygen atoms in total. The molecule has 0 saturated carbocycles. The summed E-state index contributed by atoms with van der Waals surface area (Å²) in [5.41, 5.74) is 0.509. The largest absolute Gasteiger partial charge is 0.367 e. The van der Waals surface area contributed by atoms with Crippen molar-refractivity contribution in [3.05, 3.63) is 29.3 Å². The molecule has 1 aromatic rings. The first-order valence-electron chi connectivity index (χ1n) is 6.11. The lowest BCUT2D eigenvalue weighted by Crippen LogP contribution is -2.36. The monoisotopic (exact) mass is 250 g/mol. The average Bonchev–Trinajstić information content (AvgIpc) is 2.33. The number of hydrogen-bond donors (Lipinski definition) is 1. The Balaban J connectivity index is 2.85. The summed E-state index contributed by atoms with van der Waals surface area (Å²) in [7, 11) is 0. The van der Waals surface area contributed by atoms with Crippen LogP contribution in [0.25, 0.3) is 0 Å². The van der Waals surface area contributed by atoms with Gasteiger partial charge in [-0.3, -0.25) is 0 Å². The predicted molar refractivity (Wildman–Crippen MR) is 73.2 cm³/mol. The fraction of sp³-hybridized carbons (Fsp3) is 0.500. The molecule has 1 rings (SSSR count). The maximum absolute atomic E-state index is 9.42. The topological polar surface area (TPSA) is 35.8 Å². The van der Waals surface area contributed by atoms with Crippen LogP contribution in [0.2, 0.25) is 5.02 Å². The molecular weight excluding hydrogens is 232 g/mol. The van der Waals surface area contributed by atoms with Crippen LogP contribution in [0.4, 0.5) is 5.69 Å². The summed E-state index contributed by atoms with van der Waals surface area (Å²) >= 11 is 5.85. The Morgan fingerprint density at radius 1 is 1.18 bits per heavy atom. The summed E-state index contributed by atoms with van der Waals surface area (Å²) in [5, 5.41) is 13.5. The van der Waals surface area contributed by atoms with E-state index in [1.807, 2.05) is 24.3 Å². The van der Waals surface area contributed by atoms with Crippen molar-refractivity contribution in [2.45, 2.75) is 45.1 Å². The molecule has 92 valence electrons. The Morgan fingerprint density at radius 3 is 2.12 bits per heavy atom. The zero-order valence-electron chi connectivity index (χ0n) is 10.5. The second-order valence-corrected chi connectivity index (χ2v) is 4.76. The van der Waals surface area contributed by atoms with Crippen LogP contribution >= 0.6 is 11.6 Å². The molecule has 0 unspecified atom stereocenters. The van der Waals surface area contributed by atoms with Crippen LogP contribution < -0.4 is 5.32 Å². The molecule has 3 heteroatoms. The van der Waals surface area contributed by atoms with E-state index in [9.17, 15) is 5.26 Å². The average molecular weight is 251 g/mol. The molecule has 0 aliphatic rings. The molecule has 0 fully saturated rings. The van der Waals surface area contributed by atoms with Gasteiger partial charge in [-0.05, 0) is 37.1 Å². The van der Waals surface area contributed by atoms with Gasteiger partial charge in [-0.2, -0.15) is 5.26 Å². The van der Waals surface area contributed by atoms with E-state index in [2.05, 4.69) is 25.2 Å². The molecule has 0 atom stereocenters. The number of nitrogens with zero attached hydrogens (tertiary/aromatic N) is 1. The summed E-state index contributed by atoms with van der Waals surface area (Å²) < 4.78 is 0. The third-order valence-corrected chi connectivity index (χ3v) is 3.05. The van der Waals surface area contributed by atoms with Crippen LogP contribution in [-0.2, 0) is 0 Å². The normalized spacial score (nSPS) is 10.9. The lowest BCUT2D eigenvalue weighted by Gasteiger charge is -2.28. The second-order valence-electron chi connectivity index (χ2n) is 4.33. The minimum atomic E-state index is -0.447. The van der Waals surface area contributed by atoms with Crippen LogP contribution in [0, 0.1) is 11.3 Å². The Hall–Kier alpha value is -1.20. The van der Waals surface area contributed by atoms with Crippen molar-refractivity contribution in [1.29, 1.82) is 5.26 Å². The summed E-state index contributed by atoms with van der Waals surface area (Å²) in [6.45, 7) is 4.20. The highest BCUT2D eigenvalue weighted by molar-refractivity contribution is 6.30. The molecule has 0 saturated heterocycles. The van der Waals surface area contributed by atoms with Crippen molar-refractivity contribution in [2.75, 3.05) is 5.32 Å². The highest BCUT2D eigenvalue weighted by Gasteiger charge is 2.27. The van der Waals surface area contributed by atoms with Crippen molar-refractivity contribution in [2.24, 2.45) is 0 Å². The first-order valence-corrected chi connectivity index (χ1v) is 6.48. The van der Waals surface area contributed by atoms with Crippen LogP contribution in [0.15, 0.2) is 24.3 Å². The Morgan fingerprint density at radius 2 is 1.71 bits per heavy atom. The molecule has 17 heavy (non-hydrogen) atoms. The minimum Gasteiger partial charge on any atom is -0.367 e. The molecular formula is C14H19ClN2. The van der Waals surface area contributed by atoms with Crippen molar-refractivity contribution in [3.63, 3.8) is 0 Å². The van der Waals surface area contributed by atoms with E-state index in [0.717, 1.165) is 31.4 Å². The van der Waals surface area contributed by atoms with E-state index in [0.29, 0.717) is 5.02 Å². The zero-order valence-corrected chi connectivity index (χ0v) is 11.2. The Labute approximate surface area is 109 Å². The quantitative estimate of drug-likeness (QED) is 0.800. The highest BCUT2D eigenvalue weighted by Crippen LogP contribution is 2.25. The van der Waals surface area contributed by atoms with Gasteiger partial charge in [0.25, 0.3) is 0 Å². The van der Waals surface area contributed by atoms with E-state index in [4.69, 9.17) is 11.6 Å². The van der Waals surface area contributed by atoms with Crippen LogP contribution in [0.5, 0.6) is 0 Å². The van der Waals surface area contributed by atoms with E-state index >= 15 is 0 Å². The van der Waals surface area contributed by atoms with Gasteiger partial charge in [0, 0.05) is 10.7 Å². The van der Waals surface area contributed by atoms with Crippen molar-refractivity contribution >= 4 is 17.3 Å². The zero-order chi connectivity index (χ0) is 12.7. The van der Waals surface area contributed by atoms with Crippen molar-refractivity contribution < 1.29 is 0 Å².